The summed E-state index contributed by atoms with van der Waals surface area (Å²) in [5.41, 5.74) is 0. The van der Waals surface area contributed by atoms with Crippen molar-refractivity contribution in [3.05, 3.63) is 12.2 Å². The second-order valence-electron chi connectivity index (χ2n) is 4.37. The van der Waals surface area contributed by atoms with Gasteiger partial charge in [-0.25, -0.2) is 9.59 Å². The molecule has 0 saturated heterocycles. The summed E-state index contributed by atoms with van der Waals surface area (Å²) >= 11 is 0. The monoisotopic (exact) mass is 338 g/mol. The molecular weight excluding hydrogens is 312 g/mol. The molecule has 1 heterocycles. The Balaban J connectivity index is 0. The number of hydrogen-bond acceptors (Lipinski definition) is 9. The highest BCUT2D eigenvalue weighted by molar-refractivity contribution is 6.04. The van der Waals surface area contributed by atoms with Gasteiger partial charge in [0.05, 0.1) is 51.8 Å². The summed E-state index contributed by atoms with van der Waals surface area (Å²) in [6.07, 6.45) is 1.29. The van der Waals surface area contributed by atoms with E-state index in [2.05, 4.69) is 9.47 Å². The summed E-state index contributed by atoms with van der Waals surface area (Å²) in [4.78, 5) is 19.8. The van der Waals surface area contributed by atoms with Gasteiger partial charge in [0.15, 0.2) is 0 Å². The molecule has 9 nitrogen and oxygen atoms in total. The van der Waals surface area contributed by atoms with Crippen molar-refractivity contribution >= 4 is 11.9 Å². The fourth-order valence-corrected chi connectivity index (χ4v) is 0.944. The maximum atomic E-state index is 9.92. The Kier molecular flexibility index (Phi) is 17.7. The van der Waals surface area contributed by atoms with Crippen molar-refractivity contribution in [1.82, 2.24) is 0 Å². The number of aliphatic hydroxyl groups excluding tert-OH is 4. The molecule has 136 valence electrons. The van der Waals surface area contributed by atoms with Crippen molar-refractivity contribution in [1.29, 1.82) is 0 Å². The van der Waals surface area contributed by atoms with Crippen molar-refractivity contribution in [3.8, 4) is 0 Å². The lowest BCUT2D eigenvalue weighted by molar-refractivity contribution is -0.150. The minimum atomic E-state index is -0.579. The van der Waals surface area contributed by atoms with E-state index in [1.54, 1.807) is 13.8 Å². The van der Waals surface area contributed by atoms with Crippen molar-refractivity contribution in [2.24, 2.45) is 0 Å². The lowest BCUT2D eigenvalue weighted by Gasteiger charge is -2.06. The Hall–Kier alpha value is -1.36. The molecule has 0 spiro atoms. The number of aliphatic hydroxyl groups is 4. The third kappa shape index (κ3) is 23.0. The number of carbonyl (C=O) groups is 2. The number of hydrogen-bond donors (Lipinski definition) is 4. The molecule has 0 aromatic carbocycles. The van der Waals surface area contributed by atoms with E-state index in [9.17, 15) is 9.59 Å². The molecule has 0 aromatic heterocycles. The van der Waals surface area contributed by atoms with Crippen LogP contribution in [0.15, 0.2) is 12.2 Å². The molecule has 0 radical (unpaired) electrons. The third-order valence-corrected chi connectivity index (χ3v) is 1.75. The molecule has 0 aromatic rings. The number of cyclic esters (lactones) is 2. The van der Waals surface area contributed by atoms with Crippen LogP contribution in [0.3, 0.4) is 0 Å². The Morgan fingerprint density at radius 3 is 1.52 bits per heavy atom. The molecule has 0 bridgehead atoms. The summed E-state index contributed by atoms with van der Waals surface area (Å²) < 4.78 is 13.5. The van der Waals surface area contributed by atoms with E-state index in [1.807, 2.05) is 0 Å². The van der Waals surface area contributed by atoms with Gasteiger partial charge in [-0.15, -0.1) is 0 Å². The highest BCUT2D eigenvalue weighted by Crippen LogP contribution is 1.92. The molecule has 9 heteroatoms. The quantitative estimate of drug-likeness (QED) is 0.233. The lowest BCUT2D eigenvalue weighted by atomic mass is 10.4. The van der Waals surface area contributed by atoms with Gasteiger partial charge < -0.3 is 34.6 Å². The third-order valence-electron chi connectivity index (χ3n) is 1.75. The molecule has 2 unspecified atom stereocenters. The van der Waals surface area contributed by atoms with Gasteiger partial charge in [0.25, 0.3) is 0 Å². The first kappa shape index (κ1) is 23.9. The van der Waals surface area contributed by atoms with Crippen LogP contribution in [-0.4, -0.2) is 84.2 Å². The number of rotatable bonds is 8. The van der Waals surface area contributed by atoms with Gasteiger partial charge >= 0.3 is 11.9 Å². The molecule has 1 aliphatic heterocycles. The van der Waals surface area contributed by atoms with E-state index in [-0.39, 0.29) is 13.2 Å². The largest absolute Gasteiger partial charge is 0.394 e. The molecule has 0 saturated carbocycles. The molecule has 2 atom stereocenters. The highest BCUT2D eigenvalue weighted by Gasteiger charge is 2.10. The summed E-state index contributed by atoms with van der Waals surface area (Å²) in [7, 11) is 0. The van der Waals surface area contributed by atoms with E-state index in [1.165, 1.54) is 0 Å². The van der Waals surface area contributed by atoms with E-state index in [0.29, 0.717) is 26.4 Å². The van der Waals surface area contributed by atoms with E-state index in [4.69, 9.17) is 25.2 Å². The Morgan fingerprint density at radius 1 is 0.913 bits per heavy atom. The van der Waals surface area contributed by atoms with Gasteiger partial charge in [0, 0.05) is 12.2 Å². The first-order valence-electron chi connectivity index (χ1n) is 7.00. The maximum Gasteiger partial charge on any atom is 0.338 e. The molecule has 0 amide bonds. The van der Waals surface area contributed by atoms with Crippen LogP contribution in [0.2, 0.25) is 0 Å². The topological polar surface area (TPSA) is 143 Å². The van der Waals surface area contributed by atoms with Gasteiger partial charge in [0.2, 0.25) is 0 Å². The van der Waals surface area contributed by atoms with E-state index >= 15 is 0 Å². The lowest BCUT2D eigenvalue weighted by Crippen LogP contribution is -2.16. The number of ether oxygens (including phenoxy) is 3. The van der Waals surface area contributed by atoms with Crippen LogP contribution in [0.4, 0.5) is 0 Å². The van der Waals surface area contributed by atoms with Crippen LogP contribution in [0.25, 0.3) is 0 Å². The summed E-state index contributed by atoms with van der Waals surface area (Å²) in [5, 5.41) is 33.5. The van der Waals surface area contributed by atoms with Gasteiger partial charge in [0.1, 0.15) is 0 Å². The summed E-state index contributed by atoms with van der Waals surface area (Å²) in [6, 6.07) is 0. The molecule has 0 aliphatic carbocycles. The van der Waals surface area contributed by atoms with Crippen LogP contribution in [-0.2, 0) is 23.8 Å². The number of carbonyl (C=O) groups excluding carboxylic acids is 2. The van der Waals surface area contributed by atoms with Crippen LogP contribution >= 0.6 is 0 Å². The van der Waals surface area contributed by atoms with Gasteiger partial charge in [-0.1, -0.05) is 0 Å². The Labute approximate surface area is 135 Å². The second-order valence-corrected chi connectivity index (χ2v) is 4.37. The van der Waals surface area contributed by atoms with Gasteiger partial charge in [-0.2, -0.15) is 0 Å². The minimum absolute atomic E-state index is 0.0278. The standard InChI is InChI=1S/C6H14O3.C4H2O3.C4H10O3/c1-5(7)3-9-4-6(2)8;5-3-1-2-4(6)7-3;5-1-3-7-4-2-6/h5-8H,3-4H2,1-2H3;1-2H;5-6H,1-4H2. The first-order chi connectivity index (χ1) is 10.8. The predicted molar refractivity (Wildman–Crippen MR) is 79.4 cm³/mol. The van der Waals surface area contributed by atoms with Crippen LogP contribution in [0, 0.1) is 0 Å². The van der Waals surface area contributed by atoms with Crippen LogP contribution in [0.5, 0.6) is 0 Å². The first-order valence-corrected chi connectivity index (χ1v) is 7.00. The fraction of sp³-hybridized carbons (Fsp3) is 0.714. The van der Waals surface area contributed by atoms with Crippen LogP contribution < -0.4 is 0 Å². The normalized spacial score (nSPS) is 15.0. The van der Waals surface area contributed by atoms with Crippen molar-refractivity contribution < 1.29 is 44.2 Å². The average molecular weight is 338 g/mol. The summed E-state index contributed by atoms with van der Waals surface area (Å²) in [5.74, 6) is -1.16. The van der Waals surface area contributed by atoms with E-state index in [0.717, 1.165) is 12.2 Å². The highest BCUT2D eigenvalue weighted by atomic mass is 16.6. The zero-order valence-corrected chi connectivity index (χ0v) is 13.4. The molecule has 4 N–H and O–H groups in total. The van der Waals surface area contributed by atoms with Crippen molar-refractivity contribution in [2.75, 3.05) is 39.6 Å². The van der Waals surface area contributed by atoms with Crippen LogP contribution in [0.1, 0.15) is 13.8 Å². The summed E-state index contributed by atoms with van der Waals surface area (Å²) in [6.45, 7) is 4.57. The maximum absolute atomic E-state index is 9.92. The number of esters is 2. The molecular formula is C14H26O9. The second kappa shape index (κ2) is 17.0. The Bertz CT molecular complexity index is 298. The minimum Gasteiger partial charge on any atom is -0.394 e. The molecule has 1 aliphatic rings. The molecule has 23 heavy (non-hydrogen) atoms. The van der Waals surface area contributed by atoms with E-state index < -0.39 is 24.1 Å². The SMILES string of the molecule is CC(O)COCC(C)O.O=C1C=CC(=O)O1.OCCOCCO. The van der Waals surface area contributed by atoms with Crippen molar-refractivity contribution in [2.45, 2.75) is 26.1 Å². The smallest absolute Gasteiger partial charge is 0.338 e. The zero-order chi connectivity index (χ0) is 18.1. The molecule has 0 fully saturated rings. The average Bonchev–Trinajstić information content (AvgIpc) is 2.83. The molecule has 1 rings (SSSR count). The van der Waals surface area contributed by atoms with Crippen molar-refractivity contribution in [3.63, 3.8) is 0 Å². The Morgan fingerprint density at radius 2 is 1.30 bits per heavy atom. The van der Waals surface area contributed by atoms with Gasteiger partial charge in [-0.3, -0.25) is 0 Å². The fourth-order valence-electron chi connectivity index (χ4n) is 0.944. The predicted octanol–water partition coefficient (Wildman–Crippen LogP) is -1.62. The van der Waals surface area contributed by atoms with Gasteiger partial charge in [-0.05, 0) is 13.8 Å². The zero-order valence-electron chi connectivity index (χ0n) is 13.4.